The van der Waals surface area contributed by atoms with Crippen molar-refractivity contribution in [1.29, 1.82) is 0 Å². The largest absolute Gasteiger partial charge is 0.103 e. The minimum Gasteiger partial charge on any atom is -0.103 e. The predicted molar refractivity (Wildman–Crippen MR) is 104 cm³/mol. The normalized spacial score (nSPS) is 32.2. The Bertz CT molecular complexity index is 324. The lowest BCUT2D eigenvalue weighted by Crippen LogP contribution is -2.14. The van der Waals surface area contributed by atoms with Gasteiger partial charge in [0.1, 0.15) is 0 Å². The van der Waals surface area contributed by atoms with Crippen molar-refractivity contribution in [1.82, 2.24) is 0 Å². The molecule has 23 heavy (non-hydrogen) atoms. The van der Waals surface area contributed by atoms with Gasteiger partial charge < -0.3 is 0 Å². The van der Waals surface area contributed by atoms with Crippen molar-refractivity contribution in [3.63, 3.8) is 0 Å². The first-order chi connectivity index (χ1) is 11.3. The highest BCUT2D eigenvalue weighted by molar-refractivity contribution is 4.91. The third-order valence-corrected chi connectivity index (χ3v) is 6.48. The van der Waals surface area contributed by atoms with Crippen LogP contribution in [0.3, 0.4) is 0 Å². The number of hydrogen-bond donors (Lipinski definition) is 0. The molecule has 0 aliphatic heterocycles. The Kier molecular flexibility index (Phi) is 9.09. The van der Waals surface area contributed by atoms with E-state index in [2.05, 4.69) is 31.7 Å². The molecule has 0 radical (unpaired) electrons. The second-order valence-electron chi connectivity index (χ2n) is 8.33. The van der Waals surface area contributed by atoms with Crippen LogP contribution in [0.25, 0.3) is 0 Å². The average Bonchev–Trinajstić information content (AvgIpc) is 2.59. The van der Waals surface area contributed by atoms with E-state index in [1.165, 1.54) is 89.9 Å². The second-order valence-corrected chi connectivity index (χ2v) is 8.33. The van der Waals surface area contributed by atoms with Crippen molar-refractivity contribution < 1.29 is 0 Å². The van der Waals surface area contributed by atoms with Crippen LogP contribution in [0.1, 0.15) is 96.8 Å². The van der Waals surface area contributed by atoms with Crippen LogP contribution in [0.4, 0.5) is 0 Å². The third kappa shape index (κ3) is 7.27. The average molecular weight is 317 g/mol. The quantitative estimate of drug-likeness (QED) is 0.382. The summed E-state index contributed by atoms with van der Waals surface area (Å²) in [5.41, 5.74) is 0. The molecule has 0 saturated heterocycles. The molecule has 0 nitrogen and oxygen atoms in total. The standard InChI is InChI=1S/C23H40/c1-3-5-9-21-16-18-23(19-17-21)11-7-6-10-22-14-12-20(8-4-2)13-15-22/h3,6,10,20-23H,1,4-5,7-9,11-19H2,2H3/t20-,21-,22-,23-. The van der Waals surface area contributed by atoms with Crippen LogP contribution in [0, 0.1) is 23.7 Å². The molecule has 0 heteroatoms. The van der Waals surface area contributed by atoms with Gasteiger partial charge in [-0.2, -0.15) is 0 Å². The zero-order valence-corrected chi connectivity index (χ0v) is 15.6. The first-order valence-electron chi connectivity index (χ1n) is 10.6. The monoisotopic (exact) mass is 316 g/mol. The lowest BCUT2D eigenvalue weighted by atomic mass is 9.78. The molecule has 0 heterocycles. The summed E-state index contributed by atoms with van der Waals surface area (Å²) in [5, 5.41) is 0. The van der Waals surface area contributed by atoms with E-state index in [1.807, 2.05) is 0 Å². The Hall–Kier alpha value is -0.520. The Labute approximate surface area is 145 Å². The smallest absolute Gasteiger partial charge is 0.0233 e. The summed E-state index contributed by atoms with van der Waals surface area (Å²) in [5.74, 6) is 3.96. The molecule has 0 amide bonds. The fraction of sp³-hybridized carbons (Fsp3) is 0.826. The summed E-state index contributed by atoms with van der Waals surface area (Å²) >= 11 is 0. The van der Waals surface area contributed by atoms with E-state index in [1.54, 1.807) is 0 Å². The molecule has 0 aromatic rings. The maximum atomic E-state index is 3.85. The first-order valence-corrected chi connectivity index (χ1v) is 10.6. The Morgan fingerprint density at radius 3 is 1.83 bits per heavy atom. The summed E-state index contributed by atoms with van der Waals surface area (Å²) < 4.78 is 0. The minimum absolute atomic E-state index is 0.901. The topological polar surface area (TPSA) is 0 Å². The Balaban J connectivity index is 1.53. The fourth-order valence-corrected chi connectivity index (χ4v) is 4.86. The van der Waals surface area contributed by atoms with Crippen molar-refractivity contribution >= 4 is 0 Å². The summed E-state index contributed by atoms with van der Waals surface area (Å²) in [6.07, 6.45) is 27.2. The van der Waals surface area contributed by atoms with E-state index >= 15 is 0 Å². The number of rotatable bonds is 9. The van der Waals surface area contributed by atoms with Crippen molar-refractivity contribution in [2.45, 2.75) is 96.8 Å². The van der Waals surface area contributed by atoms with Crippen LogP contribution >= 0.6 is 0 Å². The highest BCUT2D eigenvalue weighted by atomic mass is 14.3. The molecule has 2 aliphatic rings. The van der Waals surface area contributed by atoms with E-state index < -0.39 is 0 Å². The van der Waals surface area contributed by atoms with Crippen LogP contribution in [-0.4, -0.2) is 0 Å². The van der Waals surface area contributed by atoms with Crippen LogP contribution in [0.15, 0.2) is 24.8 Å². The van der Waals surface area contributed by atoms with Gasteiger partial charge in [0.15, 0.2) is 0 Å². The molecule has 2 rings (SSSR count). The summed E-state index contributed by atoms with van der Waals surface area (Å²) in [6, 6.07) is 0. The van der Waals surface area contributed by atoms with Crippen molar-refractivity contribution in [2.75, 3.05) is 0 Å². The predicted octanol–water partition coefficient (Wildman–Crippen LogP) is 7.70. The highest BCUT2D eigenvalue weighted by Crippen LogP contribution is 2.35. The van der Waals surface area contributed by atoms with Crippen LogP contribution in [0.2, 0.25) is 0 Å². The van der Waals surface area contributed by atoms with Gasteiger partial charge in [0.05, 0.1) is 0 Å². The van der Waals surface area contributed by atoms with Gasteiger partial charge in [-0.25, -0.2) is 0 Å². The van der Waals surface area contributed by atoms with Crippen LogP contribution in [-0.2, 0) is 0 Å². The molecule has 132 valence electrons. The summed E-state index contributed by atoms with van der Waals surface area (Å²) in [6.45, 7) is 6.19. The number of hydrogen-bond acceptors (Lipinski definition) is 0. The van der Waals surface area contributed by atoms with Crippen molar-refractivity contribution in [3.05, 3.63) is 24.8 Å². The summed E-state index contributed by atoms with van der Waals surface area (Å²) in [4.78, 5) is 0. The molecule has 2 aliphatic carbocycles. The fourth-order valence-electron chi connectivity index (χ4n) is 4.86. The van der Waals surface area contributed by atoms with Crippen molar-refractivity contribution in [2.24, 2.45) is 23.7 Å². The molecular weight excluding hydrogens is 276 g/mol. The van der Waals surface area contributed by atoms with Gasteiger partial charge in [0.2, 0.25) is 0 Å². The van der Waals surface area contributed by atoms with E-state index in [0.29, 0.717) is 0 Å². The van der Waals surface area contributed by atoms with Crippen LogP contribution in [0.5, 0.6) is 0 Å². The first kappa shape index (κ1) is 18.8. The van der Waals surface area contributed by atoms with Crippen molar-refractivity contribution in [3.8, 4) is 0 Å². The number of allylic oxidation sites excluding steroid dienone is 3. The second kappa shape index (κ2) is 11.1. The molecule has 0 bridgehead atoms. The molecule has 0 aromatic heterocycles. The molecule has 0 atom stereocenters. The highest BCUT2D eigenvalue weighted by Gasteiger charge is 2.20. The Morgan fingerprint density at radius 1 is 0.739 bits per heavy atom. The molecule has 2 fully saturated rings. The lowest BCUT2D eigenvalue weighted by molar-refractivity contribution is 0.255. The van der Waals surface area contributed by atoms with Gasteiger partial charge in [-0.05, 0) is 75.0 Å². The third-order valence-electron chi connectivity index (χ3n) is 6.48. The van der Waals surface area contributed by atoms with E-state index in [0.717, 1.165) is 23.7 Å². The molecule has 0 N–H and O–H groups in total. The van der Waals surface area contributed by atoms with Gasteiger partial charge in [-0.1, -0.05) is 63.7 Å². The van der Waals surface area contributed by atoms with Crippen LogP contribution < -0.4 is 0 Å². The van der Waals surface area contributed by atoms with Gasteiger partial charge in [0, 0.05) is 0 Å². The molecule has 0 spiro atoms. The molecule has 2 saturated carbocycles. The van der Waals surface area contributed by atoms with Gasteiger partial charge in [-0.15, -0.1) is 6.58 Å². The molecule has 0 unspecified atom stereocenters. The molecular formula is C23H40. The summed E-state index contributed by atoms with van der Waals surface area (Å²) in [7, 11) is 0. The minimum atomic E-state index is 0.901. The zero-order chi connectivity index (χ0) is 16.3. The van der Waals surface area contributed by atoms with E-state index in [-0.39, 0.29) is 0 Å². The van der Waals surface area contributed by atoms with Gasteiger partial charge >= 0.3 is 0 Å². The van der Waals surface area contributed by atoms with Gasteiger partial charge in [-0.3, -0.25) is 0 Å². The van der Waals surface area contributed by atoms with E-state index in [4.69, 9.17) is 0 Å². The maximum absolute atomic E-state index is 3.85. The maximum Gasteiger partial charge on any atom is -0.0233 e. The SMILES string of the molecule is C=CCC[C@H]1CC[C@H](CCC=C[C@H]2CC[C@H](CCC)CC2)CC1. The zero-order valence-electron chi connectivity index (χ0n) is 15.6. The lowest BCUT2D eigenvalue weighted by Gasteiger charge is -2.28. The van der Waals surface area contributed by atoms with E-state index in [9.17, 15) is 0 Å². The molecule has 0 aromatic carbocycles. The van der Waals surface area contributed by atoms with Gasteiger partial charge in [0.25, 0.3) is 0 Å². The Morgan fingerprint density at radius 2 is 1.26 bits per heavy atom.